The smallest absolute Gasteiger partial charge is 0.306 e. The number of carbonyl (C=O) groups is 2. The normalized spacial score (nSPS) is 18.0. The highest BCUT2D eigenvalue weighted by Crippen LogP contribution is 2.43. The van der Waals surface area contributed by atoms with Crippen LogP contribution in [0.2, 0.25) is 5.02 Å². The lowest BCUT2D eigenvalue weighted by atomic mass is 9.83. The second kappa shape index (κ2) is 14.4. The van der Waals surface area contributed by atoms with Gasteiger partial charge in [-0.25, -0.2) is 4.99 Å². The lowest BCUT2D eigenvalue weighted by molar-refractivity contribution is -0.155. The van der Waals surface area contributed by atoms with Crippen molar-refractivity contribution in [2.75, 3.05) is 13.2 Å². The number of nitrogens with zero attached hydrogens (tertiary/aromatic N) is 1. The number of aliphatic imine (C=N–C) groups is 1. The van der Waals surface area contributed by atoms with Crippen molar-refractivity contribution in [3.63, 3.8) is 0 Å². The molecule has 0 aromatic heterocycles. The Kier molecular flexibility index (Phi) is 10.9. The highest BCUT2D eigenvalue weighted by Gasteiger charge is 2.53. The Bertz CT molecular complexity index is 1440. The van der Waals surface area contributed by atoms with Crippen LogP contribution < -0.4 is 10.1 Å². The van der Waals surface area contributed by atoms with Crippen molar-refractivity contribution in [2.24, 2.45) is 4.99 Å². The van der Waals surface area contributed by atoms with Gasteiger partial charge >= 0.3 is 5.97 Å². The van der Waals surface area contributed by atoms with Gasteiger partial charge in [-0.3, -0.25) is 9.59 Å². The van der Waals surface area contributed by atoms with E-state index in [2.05, 4.69) is 21.2 Å². The van der Waals surface area contributed by atoms with E-state index in [1.54, 1.807) is 57.2 Å². The molecule has 1 aliphatic heterocycles. The minimum absolute atomic E-state index is 0.0466. The van der Waals surface area contributed by atoms with Crippen molar-refractivity contribution in [2.45, 2.75) is 63.8 Å². The molecular formula is C33H36BrClN2O6. The fourth-order valence-electron chi connectivity index (χ4n) is 4.68. The maximum absolute atomic E-state index is 14.2. The highest BCUT2D eigenvalue weighted by atomic mass is 79.9. The number of carbonyl (C=O) groups excluding carboxylic acids is 2. The Morgan fingerprint density at radius 1 is 1.09 bits per heavy atom. The lowest BCUT2D eigenvalue weighted by Gasteiger charge is -2.31. The molecule has 0 saturated carbocycles. The van der Waals surface area contributed by atoms with Crippen LogP contribution in [0.15, 0.2) is 82.3 Å². The minimum atomic E-state index is -1.48. The summed E-state index contributed by atoms with van der Waals surface area (Å²) in [6.07, 6.45) is -0.294. The SMILES string of the molecule is CC(C)(C)OC(=O)CC[C@@]1(C(=O)NCc2cccc(Cl)c2)N=C(c2ccc(OCCCO)cc2)O[C@@H]1c1ccc(Br)cc1. The molecule has 0 fully saturated rings. The number of hydrogen-bond acceptors (Lipinski definition) is 7. The van der Waals surface area contributed by atoms with Gasteiger partial charge in [-0.2, -0.15) is 0 Å². The van der Waals surface area contributed by atoms with Gasteiger partial charge in [-0.05, 0) is 86.8 Å². The van der Waals surface area contributed by atoms with Crippen LogP contribution in [0.5, 0.6) is 5.75 Å². The number of amides is 1. The Morgan fingerprint density at radius 3 is 2.47 bits per heavy atom. The molecule has 1 heterocycles. The molecular weight excluding hydrogens is 636 g/mol. The molecule has 0 aliphatic carbocycles. The number of esters is 1. The molecule has 0 spiro atoms. The van der Waals surface area contributed by atoms with Crippen molar-refractivity contribution in [3.05, 3.63) is 99.0 Å². The maximum Gasteiger partial charge on any atom is 0.306 e. The molecule has 3 aromatic rings. The zero-order chi connectivity index (χ0) is 31.0. The molecule has 2 atom stereocenters. The summed E-state index contributed by atoms with van der Waals surface area (Å²) in [5, 5.41) is 12.6. The van der Waals surface area contributed by atoms with E-state index < -0.39 is 23.2 Å². The first-order valence-electron chi connectivity index (χ1n) is 14.1. The quantitative estimate of drug-likeness (QED) is 0.167. The van der Waals surface area contributed by atoms with E-state index in [4.69, 9.17) is 35.9 Å². The van der Waals surface area contributed by atoms with Crippen LogP contribution in [-0.2, 0) is 25.6 Å². The topological polar surface area (TPSA) is 106 Å². The van der Waals surface area contributed by atoms with Crippen molar-refractivity contribution in [3.8, 4) is 5.75 Å². The number of hydrogen-bond donors (Lipinski definition) is 2. The fraction of sp³-hybridized carbons (Fsp3) is 0.364. The zero-order valence-electron chi connectivity index (χ0n) is 24.4. The summed E-state index contributed by atoms with van der Waals surface area (Å²) in [4.78, 5) is 32.0. The predicted molar refractivity (Wildman–Crippen MR) is 169 cm³/mol. The number of rotatable bonds is 12. The largest absolute Gasteiger partial charge is 0.494 e. The number of aliphatic hydroxyl groups excluding tert-OH is 1. The zero-order valence-corrected chi connectivity index (χ0v) is 26.8. The van der Waals surface area contributed by atoms with E-state index in [-0.39, 0.29) is 37.8 Å². The van der Waals surface area contributed by atoms with Gasteiger partial charge in [-0.15, -0.1) is 0 Å². The van der Waals surface area contributed by atoms with Gasteiger partial charge in [0.25, 0.3) is 5.91 Å². The van der Waals surface area contributed by atoms with E-state index in [0.717, 1.165) is 15.6 Å². The third kappa shape index (κ3) is 8.81. The summed E-state index contributed by atoms with van der Waals surface area (Å²) in [5.41, 5.74) is 0.0513. The monoisotopic (exact) mass is 670 g/mol. The fourth-order valence-corrected chi connectivity index (χ4v) is 5.15. The molecule has 228 valence electrons. The van der Waals surface area contributed by atoms with Crippen LogP contribution >= 0.6 is 27.5 Å². The Balaban J connectivity index is 1.71. The van der Waals surface area contributed by atoms with Gasteiger partial charge in [0.2, 0.25) is 5.90 Å². The average Bonchev–Trinajstić information content (AvgIpc) is 3.36. The third-order valence-electron chi connectivity index (χ3n) is 6.68. The molecule has 43 heavy (non-hydrogen) atoms. The van der Waals surface area contributed by atoms with E-state index >= 15 is 0 Å². The Hall–Kier alpha value is -3.40. The summed E-state index contributed by atoms with van der Waals surface area (Å²) in [7, 11) is 0. The van der Waals surface area contributed by atoms with Crippen LogP contribution in [-0.4, -0.2) is 47.2 Å². The van der Waals surface area contributed by atoms with Gasteiger partial charge < -0.3 is 24.6 Å². The van der Waals surface area contributed by atoms with Crippen molar-refractivity contribution in [1.82, 2.24) is 5.32 Å². The van der Waals surface area contributed by atoms with E-state index in [1.807, 2.05) is 36.4 Å². The Morgan fingerprint density at radius 2 is 1.81 bits per heavy atom. The number of aliphatic hydroxyl groups is 1. The predicted octanol–water partition coefficient (Wildman–Crippen LogP) is 6.56. The number of benzene rings is 3. The van der Waals surface area contributed by atoms with Gasteiger partial charge in [0, 0.05) is 41.1 Å². The molecule has 4 rings (SSSR count). The first kappa shape index (κ1) is 32.5. The summed E-state index contributed by atoms with van der Waals surface area (Å²) in [6.45, 7) is 6.05. The van der Waals surface area contributed by atoms with E-state index in [9.17, 15) is 9.59 Å². The van der Waals surface area contributed by atoms with Crippen LogP contribution in [0.3, 0.4) is 0 Å². The average molecular weight is 672 g/mol. The van der Waals surface area contributed by atoms with Crippen LogP contribution in [0.4, 0.5) is 0 Å². The first-order valence-corrected chi connectivity index (χ1v) is 15.3. The molecule has 0 unspecified atom stereocenters. The third-order valence-corrected chi connectivity index (χ3v) is 7.44. The number of halogens is 2. The van der Waals surface area contributed by atoms with Crippen LogP contribution in [0.1, 0.15) is 62.8 Å². The van der Waals surface area contributed by atoms with E-state index in [0.29, 0.717) is 29.4 Å². The van der Waals surface area contributed by atoms with Crippen molar-refractivity contribution >= 4 is 45.3 Å². The molecule has 1 amide bonds. The van der Waals surface area contributed by atoms with E-state index in [1.165, 1.54) is 0 Å². The molecule has 0 bridgehead atoms. The van der Waals surface area contributed by atoms with Gasteiger partial charge in [0.15, 0.2) is 11.6 Å². The van der Waals surface area contributed by atoms with Gasteiger partial charge in [-0.1, -0.05) is 51.8 Å². The number of nitrogens with one attached hydrogen (secondary N) is 1. The molecule has 8 nitrogen and oxygen atoms in total. The van der Waals surface area contributed by atoms with Crippen molar-refractivity contribution in [1.29, 1.82) is 0 Å². The van der Waals surface area contributed by atoms with Crippen LogP contribution in [0, 0.1) is 0 Å². The number of ether oxygens (including phenoxy) is 3. The summed E-state index contributed by atoms with van der Waals surface area (Å²) in [6, 6.07) is 21.9. The summed E-state index contributed by atoms with van der Waals surface area (Å²) < 4.78 is 18.6. The molecule has 0 saturated heterocycles. The summed E-state index contributed by atoms with van der Waals surface area (Å²) >= 11 is 9.65. The Labute approximate surface area is 265 Å². The van der Waals surface area contributed by atoms with Gasteiger partial charge in [0.1, 0.15) is 11.4 Å². The second-order valence-electron chi connectivity index (χ2n) is 11.2. The first-order chi connectivity index (χ1) is 20.5. The molecule has 1 aliphatic rings. The van der Waals surface area contributed by atoms with Crippen LogP contribution in [0.25, 0.3) is 0 Å². The molecule has 2 N–H and O–H groups in total. The summed E-state index contributed by atoms with van der Waals surface area (Å²) in [5.74, 6) is 0.0904. The standard InChI is InChI=1S/C33H36BrClN2O6/c1-32(2,3)43-28(39)16-17-33(31(40)36-21-22-6-4-7-26(35)20-22)29(23-8-12-25(34)13-9-23)42-30(37-33)24-10-14-27(15-11-24)41-19-5-18-38/h4,6-15,20,29,38H,5,16-19,21H2,1-3H3,(H,36,40)/t29-,33-/m1/s1. The lowest BCUT2D eigenvalue weighted by Crippen LogP contribution is -2.48. The molecule has 3 aromatic carbocycles. The second-order valence-corrected chi connectivity index (χ2v) is 12.6. The maximum atomic E-state index is 14.2. The molecule has 10 heteroatoms. The van der Waals surface area contributed by atoms with Gasteiger partial charge in [0.05, 0.1) is 6.61 Å². The highest BCUT2D eigenvalue weighted by molar-refractivity contribution is 9.10. The van der Waals surface area contributed by atoms with Crippen molar-refractivity contribution < 1.29 is 28.9 Å². The minimum Gasteiger partial charge on any atom is -0.494 e. The molecule has 0 radical (unpaired) electrons.